The lowest BCUT2D eigenvalue weighted by atomic mass is 9.95. The SMILES string of the molecule is C#CCNCCCCCOc1ccc(C(=O)N2CCC(N3C(=O)CCc4ccccc43)CC2)cc1. The number of hydrogen-bond donors (Lipinski definition) is 1. The molecule has 2 aromatic rings. The molecule has 0 atom stereocenters. The number of ether oxygens (including phenoxy) is 1. The molecular formula is C29H35N3O3. The summed E-state index contributed by atoms with van der Waals surface area (Å²) in [4.78, 5) is 29.7. The van der Waals surface area contributed by atoms with E-state index in [9.17, 15) is 9.59 Å². The van der Waals surface area contributed by atoms with Gasteiger partial charge in [-0.3, -0.25) is 9.59 Å². The molecule has 1 saturated heterocycles. The Hall–Kier alpha value is -3.30. The first-order valence-corrected chi connectivity index (χ1v) is 12.7. The lowest BCUT2D eigenvalue weighted by Crippen LogP contribution is -2.50. The molecule has 4 rings (SSSR count). The Morgan fingerprint density at radius 3 is 2.57 bits per heavy atom. The number of unbranched alkanes of at least 4 members (excludes halogenated alkanes) is 2. The molecule has 0 bridgehead atoms. The van der Waals surface area contributed by atoms with Gasteiger partial charge >= 0.3 is 0 Å². The molecule has 1 N–H and O–H groups in total. The van der Waals surface area contributed by atoms with Crippen LogP contribution in [0.3, 0.4) is 0 Å². The zero-order valence-corrected chi connectivity index (χ0v) is 20.4. The van der Waals surface area contributed by atoms with Gasteiger partial charge < -0.3 is 19.9 Å². The number of nitrogens with zero attached hydrogens (tertiary/aromatic N) is 2. The van der Waals surface area contributed by atoms with E-state index >= 15 is 0 Å². The number of para-hydroxylation sites is 1. The number of piperidine rings is 1. The number of carbonyl (C=O) groups is 2. The largest absolute Gasteiger partial charge is 0.494 e. The Bertz CT molecular complexity index is 1040. The second-order valence-electron chi connectivity index (χ2n) is 9.23. The van der Waals surface area contributed by atoms with Crippen LogP contribution in [0, 0.1) is 12.3 Å². The van der Waals surface area contributed by atoms with Gasteiger partial charge in [0.25, 0.3) is 5.91 Å². The van der Waals surface area contributed by atoms with E-state index in [1.165, 1.54) is 5.56 Å². The van der Waals surface area contributed by atoms with Gasteiger partial charge in [-0.25, -0.2) is 0 Å². The van der Waals surface area contributed by atoms with Gasteiger partial charge in [0.1, 0.15) is 5.75 Å². The van der Waals surface area contributed by atoms with Crippen LogP contribution in [0.5, 0.6) is 5.75 Å². The zero-order valence-electron chi connectivity index (χ0n) is 20.4. The first kappa shape index (κ1) is 24.8. The second-order valence-corrected chi connectivity index (χ2v) is 9.23. The summed E-state index contributed by atoms with van der Waals surface area (Å²) in [6.45, 7) is 3.52. The number of carbonyl (C=O) groups excluding carboxylic acids is 2. The first-order valence-electron chi connectivity index (χ1n) is 12.7. The number of aryl methyl sites for hydroxylation is 1. The molecule has 0 radical (unpaired) electrons. The van der Waals surface area contributed by atoms with Crippen molar-refractivity contribution in [3.8, 4) is 18.1 Å². The number of nitrogens with one attached hydrogen (secondary N) is 1. The predicted molar refractivity (Wildman–Crippen MR) is 139 cm³/mol. The molecule has 184 valence electrons. The maximum absolute atomic E-state index is 13.1. The van der Waals surface area contributed by atoms with Crippen molar-refractivity contribution < 1.29 is 14.3 Å². The minimum atomic E-state index is 0.0415. The summed E-state index contributed by atoms with van der Waals surface area (Å²) >= 11 is 0. The van der Waals surface area contributed by atoms with Crippen LogP contribution in [0.4, 0.5) is 5.69 Å². The molecule has 1 fully saturated rings. The summed E-state index contributed by atoms with van der Waals surface area (Å²) in [6.07, 6.45) is 11.3. The summed E-state index contributed by atoms with van der Waals surface area (Å²) in [6, 6.07) is 15.8. The Kier molecular flexibility index (Phi) is 8.80. The van der Waals surface area contributed by atoms with Gasteiger partial charge in [-0.2, -0.15) is 0 Å². The number of terminal acetylenes is 1. The van der Waals surface area contributed by atoms with Gasteiger partial charge in [0.15, 0.2) is 0 Å². The third-order valence-electron chi connectivity index (χ3n) is 6.84. The van der Waals surface area contributed by atoms with Crippen LogP contribution in [0.15, 0.2) is 48.5 Å². The topological polar surface area (TPSA) is 61.9 Å². The number of anilines is 1. The predicted octanol–water partition coefficient (Wildman–Crippen LogP) is 4.04. The van der Waals surface area contributed by atoms with Gasteiger partial charge in [0, 0.05) is 36.8 Å². The first-order chi connectivity index (χ1) is 17.2. The normalized spacial score (nSPS) is 16.0. The molecule has 2 aliphatic heterocycles. The minimum Gasteiger partial charge on any atom is -0.494 e. The molecule has 0 spiro atoms. The van der Waals surface area contributed by atoms with E-state index in [1.807, 2.05) is 52.3 Å². The number of amides is 2. The standard InChI is InChI=1S/C29H35N3O3/c1-2-18-30-19-6-3-7-22-35-26-13-10-24(11-14-26)29(34)31-20-16-25(17-21-31)32-27-9-5-4-8-23(27)12-15-28(32)33/h1,4-5,8-11,13-14,25,30H,3,6-7,12,15-22H2. The third kappa shape index (κ3) is 6.43. The van der Waals surface area contributed by atoms with Crippen molar-refractivity contribution >= 4 is 17.5 Å². The lowest BCUT2D eigenvalue weighted by Gasteiger charge is -2.41. The molecule has 0 saturated carbocycles. The molecule has 0 aliphatic carbocycles. The van der Waals surface area contributed by atoms with Crippen LogP contribution < -0.4 is 15.0 Å². The number of hydrogen-bond acceptors (Lipinski definition) is 4. The monoisotopic (exact) mass is 473 g/mol. The summed E-state index contributed by atoms with van der Waals surface area (Å²) in [5.41, 5.74) is 2.96. The maximum Gasteiger partial charge on any atom is 0.253 e. The summed E-state index contributed by atoms with van der Waals surface area (Å²) in [7, 11) is 0. The van der Waals surface area contributed by atoms with E-state index in [0.717, 1.165) is 56.5 Å². The van der Waals surface area contributed by atoms with Crippen molar-refractivity contribution in [1.29, 1.82) is 0 Å². The quantitative estimate of drug-likeness (QED) is 0.418. The van der Waals surface area contributed by atoms with Crippen molar-refractivity contribution in [2.24, 2.45) is 0 Å². The lowest BCUT2D eigenvalue weighted by molar-refractivity contribution is -0.119. The second kappa shape index (κ2) is 12.4. The number of benzene rings is 2. The van der Waals surface area contributed by atoms with Crippen molar-refractivity contribution in [1.82, 2.24) is 10.2 Å². The highest BCUT2D eigenvalue weighted by atomic mass is 16.5. The fourth-order valence-corrected chi connectivity index (χ4v) is 4.94. The maximum atomic E-state index is 13.1. The smallest absolute Gasteiger partial charge is 0.253 e. The van der Waals surface area contributed by atoms with Crippen LogP contribution in [-0.2, 0) is 11.2 Å². The highest BCUT2D eigenvalue weighted by molar-refractivity contribution is 5.97. The van der Waals surface area contributed by atoms with Gasteiger partial charge in [-0.15, -0.1) is 6.42 Å². The van der Waals surface area contributed by atoms with E-state index in [1.54, 1.807) is 0 Å². The Labute approximate surface area is 208 Å². The van der Waals surface area contributed by atoms with E-state index in [-0.39, 0.29) is 17.9 Å². The number of likely N-dealkylation sites (tertiary alicyclic amines) is 1. The third-order valence-corrected chi connectivity index (χ3v) is 6.84. The minimum absolute atomic E-state index is 0.0415. The Balaban J connectivity index is 1.22. The van der Waals surface area contributed by atoms with Crippen LogP contribution >= 0.6 is 0 Å². The van der Waals surface area contributed by atoms with Gasteiger partial charge in [-0.05, 0) is 81.0 Å². The van der Waals surface area contributed by atoms with E-state index in [0.29, 0.717) is 38.2 Å². The van der Waals surface area contributed by atoms with E-state index in [2.05, 4.69) is 17.3 Å². The fraction of sp³-hybridized carbons (Fsp3) is 0.448. The number of rotatable bonds is 10. The molecule has 6 heteroatoms. The Morgan fingerprint density at radius 1 is 1.03 bits per heavy atom. The van der Waals surface area contributed by atoms with Crippen molar-refractivity contribution in [2.75, 3.05) is 37.7 Å². The molecule has 2 aromatic carbocycles. The van der Waals surface area contributed by atoms with Gasteiger partial charge in [0.05, 0.1) is 13.2 Å². The Morgan fingerprint density at radius 2 is 1.80 bits per heavy atom. The average molecular weight is 474 g/mol. The molecule has 6 nitrogen and oxygen atoms in total. The summed E-state index contributed by atoms with van der Waals surface area (Å²) in [5, 5.41) is 3.18. The molecule has 35 heavy (non-hydrogen) atoms. The molecule has 2 heterocycles. The van der Waals surface area contributed by atoms with Crippen molar-refractivity contribution in [3.05, 3.63) is 59.7 Å². The van der Waals surface area contributed by atoms with Crippen LogP contribution in [0.2, 0.25) is 0 Å². The van der Waals surface area contributed by atoms with Crippen molar-refractivity contribution in [2.45, 2.75) is 51.0 Å². The molecule has 0 aromatic heterocycles. The van der Waals surface area contributed by atoms with E-state index < -0.39 is 0 Å². The fourth-order valence-electron chi connectivity index (χ4n) is 4.94. The molecular weight excluding hydrogens is 438 g/mol. The highest BCUT2D eigenvalue weighted by Crippen LogP contribution is 2.32. The molecule has 2 amide bonds. The van der Waals surface area contributed by atoms with Crippen LogP contribution in [0.1, 0.15) is 54.4 Å². The van der Waals surface area contributed by atoms with Crippen LogP contribution in [-0.4, -0.2) is 55.5 Å². The molecule has 2 aliphatic rings. The summed E-state index contributed by atoms with van der Waals surface area (Å²) in [5.74, 6) is 3.59. The number of fused-ring (bicyclic) bond motifs is 1. The van der Waals surface area contributed by atoms with Gasteiger partial charge in [0.2, 0.25) is 5.91 Å². The average Bonchev–Trinajstić information content (AvgIpc) is 2.90. The summed E-state index contributed by atoms with van der Waals surface area (Å²) < 4.78 is 5.82. The zero-order chi connectivity index (χ0) is 24.5. The van der Waals surface area contributed by atoms with Crippen molar-refractivity contribution in [3.63, 3.8) is 0 Å². The molecule has 0 unspecified atom stereocenters. The van der Waals surface area contributed by atoms with Crippen LogP contribution in [0.25, 0.3) is 0 Å². The van der Waals surface area contributed by atoms with E-state index in [4.69, 9.17) is 11.2 Å². The van der Waals surface area contributed by atoms with Gasteiger partial charge in [-0.1, -0.05) is 24.1 Å². The highest BCUT2D eigenvalue weighted by Gasteiger charge is 2.33.